The van der Waals surface area contributed by atoms with Crippen molar-refractivity contribution in [2.45, 2.75) is 23.8 Å². The Labute approximate surface area is 139 Å². The molecule has 0 radical (unpaired) electrons. The Kier molecular flexibility index (Phi) is 4.26. The second-order valence-corrected chi connectivity index (χ2v) is 7.53. The topological polar surface area (TPSA) is 108 Å². The van der Waals surface area contributed by atoms with Gasteiger partial charge < -0.3 is 4.74 Å². The predicted molar refractivity (Wildman–Crippen MR) is 81.1 cm³/mol. The van der Waals surface area contributed by atoms with Gasteiger partial charge in [-0.2, -0.15) is 9.57 Å². The van der Waals surface area contributed by atoms with Gasteiger partial charge in [-0.3, -0.25) is 4.79 Å². The van der Waals surface area contributed by atoms with Gasteiger partial charge in [0, 0.05) is 19.1 Å². The zero-order chi connectivity index (χ0) is 17.3. The third-order valence-electron chi connectivity index (χ3n) is 4.19. The van der Waals surface area contributed by atoms with Gasteiger partial charge in [0.2, 0.25) is 10.0 Å². The lowest BCUT2D eigenvalue weighted by molar-refractivity contribution is -0.127. The monoisotopic (exact) mass is 349 g/mol. The molecular formula is C15H15N3O5S. The Morgan fingerprint density at radius 2 is 1.75 bits per heavy atom. The SMILES string of the molecule is N#Cc1ccc(S(=O)(=O)N2CCC(N3C(=O)COC3=O)CC2)cc1. The van der Waals surface area contributed by atoms with Crippen molar-refractivity contribution in [3.8, 4) is 6.07 Å². The number of nitrogens with zero attached hydrogens (tertiary/aromatic N) is 3. The number of carbonyl (C=O) groups excluding carboxylic acids is 2. The van der Waals surface area contributed by atoms with E-state index in [2.05, 4.69) is 0 Å². The fourth-order valence-corrected chi connectivity index (χ4v) is 4.38. The van der Waals surface area contributed by atoms with E-state index in [1.807, 2.05) is 6.07 Å². The van der Waals surface area contributed by atoms with Crippen LogP contribution in [0.5, 0.6) is 0 Å². The third-order valence-corrected chi connectivity index (χ3v) is 6.11. The number of piperidine rings is 1. The minimum Gasteiger partial charge on any atom is -0.439 e. The lowest BCUT2D eigenvalue weighted by Gasteiger charge is -2.33. The summed E-state index contributed by atoms with van der Waals surface area (Å²) in [4.78, 5) is 24.4. The van der Waals surface area contributed by atoms with Crippen LogP contribution in [0, 0.1) is 11.3 Å². The Hall–Kier alpha value is -2.44. The summed E-state index contributed by atoms with van der Waals surface area (Å²) in [6.07, 6.45) is 0.0839. The van der Waals surface area contributed by atoms with Gasteiger partial charge in [-0.15, -0.1) is 0 Å². The van der Waals surface area contributed by atoms with Crippen LogP contribution in [0.1, 0.15) is 18.4 Å². The average Bonchev–Trinajstić information content (AvgIpc) is 2.93. The number of carbonyl (C=O) groups is 2. The van der Waals surface area contributed by atoms with Crippen LogP contribution >= 0.6 is 0 Å². The van der Waals surface area contributed by atoms with E-state index in [1.165, 1.54) is 28.6 Å². The summed E-state index contributed by atoms with van der Waals surface area (Å²) >= 11 is 0. The van der Waals surface area contributed by atoms with Crippen molar-refractivity contribution in [1.82, 2.24) is 9.21 Å². The van der Waals surface area contributed by atoms with Gasteiger partial charge in [-0.1, -0.05) is 0 Å². The predicted octanol–water partition coefficient (Wildman–Crippen LogP) is 0.690. The molecule has 2 aliphatic rings. The summed E-state index contributed by atoms with van der Waals surface area (Å²) in [6.45, 7) is 0.177. The van der Waals surface area contributed by atoms with E-state index in [1.54, 1.807) is 0 Å². The summed E-state index contributed by atoms with van der Waals surface area (Å²) in [6, 6.07) is 7.33. The molecule has 8 nitrogen and oxygen atoms in total. The summed E-state index contributed by atoms with van der Waals surface area (Å²) in [5.74, 6) is -0.381. The molecule has 2 amide bonds. The van der Waals surface area contributed by atoms with Crippen molar-refractivity contribution in [3.05, 3.63) is 29.8 Å². The van der Waals surface area contributed by atoms with Gasteiger partial charge in [-0.25, -0.2) is 18.1 Å². The first-order chi connectivity index (χ1) is 11.4. The first-order valence-corrected chi connectivity index (χ1v) is 8.86. The zero-order valence-electron chi connectivity index (χ0n) is 12.7. The molecule has 0 aliphatic carbocycles. The van der Waals surface area contributed by atoms with Crippen LogP contribution in [0.4, 0.5) is 4.79 Å². The third kappa shape index (κ3) is 2.86. The number of imide groups is 1. The molecule has 0 atom stereocenters. The number of amides is 2. The smallest absolute Gasteiger partial charge is 0.417 e. The average molecular weight is 349 g/mol. The number of rotatable bonds is 3. The van der Waals surface area contributed by atoms with E-state index < -0.39 is 16.1 Å². The van der Waals surface area contributed by atoms with E-state index in [9.17, 15) is 18.0 Å². The van der Waals surface area contributed by atoms with Crippen LogP contribution in [-0.4, -0.2) is 55.4 Å². The highest BCUT2D eigenvalue weighted by Crippen LogP contribution is 2.25. The molecule has 2 saturated heterocycles. The van der Waals surface area contributed by atoms with Crippen molar-refractivity contribution < 1.29 is 22.7 Å². The molecule has 2 aliphatic heterocycles. The van der Waals surface area contributed by atoms with Crippen molar-refractivity contribution in [2.75, 3.05) is 19.7 Å². The Bertz CT molecular complexity index is 789. The summed E-state index contributed by atoms with van der Waals surface area (Å²) in [5, 5.41) is 8.78. The molecule has 2 fully saturated rings. The highest BCUT2D eigenvalue weighted by molar-refractivity contribution is 7.89. The normalized spacial score (nSPS) is 20.0. The van der Waals surface area contributed by atoms with Crippen molar-refractivity contribution >= 4 is 22.0 Å². The number of nitriles is 1. The molecule has 0 spiro atoms. The summed E-state index contributed by atoms with van der Waals surface area (Å²) in [7, 11) is -3.66. The van der Waals surface area contributed by atoms with Crippen molar-refractivity contribution in [1.29, 1.82) is 5.26 Å². The molecule has 126 valence electrons. The van der Waals surface area contributed by atoms with Crippen LogP contribution < -0.4 is 0 Å². The molecular weight excluding hydrogens is 334 g/mol. The molecule has 1 aromatic carbocycles. The van der Waals surface area contributed by atoms with Gasteiger partial charge in [0.15, 0.2) is 6.61 Å². The maximum Gasteiger partial charge on any atom is 0.417 e. The van der Waals surface area contributed by atoms with Crippen LogP contribution in [0.3, 0.4) is 0 Å². The van der Waals surface area contributed by atoms with Crippen LogP contribution in [0.15, 0.2) is 29.2 Å². The Balaban J connectivity index is 1.70. The standard InChI is InChI=1S/C15H15N3O5S/c16-9-11-1-3-13(4-2-11)24(21,22)17-7-5-12(6-8-17)18-14(19)10-23-15(18)20/h1-4,12H,5-8,10H2. The van der Waals surface area contributed by atoms with Gasteiger partial charge in [0.1, 0.15) is 0 Å². The number of benzene rings is 1. The summed E-state index contributed by atoms with van der Waals surface area (Å²) in [5.41, 5.74) is 0.388. The van der Waals surface area contributed by atoms with Gasteiger partial charge in [0.25, 0.3) is 5.91 Å². The number of cyclic esters (lactones) is 1. The molecule has 24 heavy (non-hydrogen) atoms. The molecule has 9 heteroatoms. The lowest BCUT2D eigenvalue weighted by atomic mass is 10.1. The number of hydrogen-bond acceptors (Lipinski definition) is 6. The van der Waals surface area contributed by atoms with Crippen molar-refractivity contribution in [2.24, 2.45) is 0 Å². The fourth-order valence-electron chi connectivity index (χ4n) is 2.91. The van der Waals surface area contributed by atoms with Crippen LogP contribution in [0.25, 0.3) is 0 Å². The number of hydrogen-bond donors (Lipinski definition) is 0. The molecule has 3 rings (SSSR count). The Morgan fingerprint density at radius 3 is 2.25 bits per heavy atom. The van der Waals surface area contributed by atoms with E-state index in [4.69, 9.17) is 10.00 Å². The van der Waals surface area contributed by atoms with E-state index in [0.717, 1.165) is 4.90 Å². The fraction of sp³-hybridized carbons (Fsp3) is 0.400. The first kappa shape index (κ1) is 16.4. The van der Waals surface area contributed by atoms with E-state index >= 15 is 0 Å². The lowest BCUT2D eigenvalue weighted by Crippen LogP contribution is -2.48. The Morgan fingerprint density at radius 1 is 1.12 bits per heavy atom. The van der Waals surface area contributed by atoms with Gasteiger partial charge in [-0.05, 0) is 37.1 Å². The van der Waals surface area contributed by atoms with E-state index in [-0.39, 0.29) is 36.5 Å². The molecule has 0 unspecified atom stereocenters. The van der Waals surface area contributed by atoms with Gasteiger partial charge >= 0.3 is 6.09 Å². The minimum absolute atomic E-state index is 0.122. The maximum absolute atomic E-state index is 12.6. The summed E-state index contributed by atoms with van der Waals surface area (Å²) < 4.78 is 31.3. The molecule has 2 heterocycles. The van der Waals surface area contributed by atoms with Gasteiger partial charge in [0.05, 0.1) is 16.5 Å². The number of sulfonamides is 1. The molecule has 0 saturated carbocycles. The second kappa shape index (κ2) is 6.22. The van der Waals surface area contributed by atoms with Crippen molar-refractivity contribution in [3.63, 3.8) is 0 Å². The van der Waals surface area contributed by atoms with Crippen LogP contribution in [0.2, 0.25) is 0 Å². The molecule has 0 aromatic heterocycles. The molecule has 0 N–H and O–H groups in total. The molecule has 1 aromatic rings. The number of ether oxygens (including phenoxy) is 1. The van der Waals surface area contributed by atoms with Crippen LogP contribution in [-0.2, 0) is 19.6 Å². The first-order valence-electron chi connectivity index (χ1n) is 7.42. The molecule has 0 bridgehead atoms. The largest absolute Gasteiger partial charge is 0.439 e. The quantitative estimate of drug-likeness (QED) is 0.794. The highest BCUT2D eigenvalue weighted by atomic mass is 32.2. The minimum atomic E-state index is -3.66. The van der Waals surface area contributed by atoms with E-state index in [0.29, 0.717) is 18.4 Å². The highest BCUT2D eigenvalue weighted by Gasteiger charge is 2.40. The maximum atomic E-state index is 12.6. The second-order valence-electron chi connectivity index (χ2n) is 5.59. The zero-order valence-corrected chi connectivity index (χ0v) is 13.5.